The van der Waals surface area contributed by atoms with Gasteiger partial charge in [-0.15, -0.1) is 0 Å². The standard InChI is InChI=1S/C13H25N5/c1-17-9-5-4-8(16)13-11(9)10-6(14)2-3-7(15)12(10)18-13/h6-13,18H,1-5,14-16H2. The van der Waals surface area contributed by atoms with Crippen LogP contribution in [0, 0.1) is 11.8 Å². The van der Waals surface area contributed by atoms with E-state index in [9.17, 15) is 0 Å². The van der Waals surface area contributed by atoms with E-state index in [0.717, 1.165) is 25.7 Å². The molecule has 7 N–H and O–H groups in total. The van der Waals surface area contributed by atoms with Gasteiger partial charge in [-0.25, -0.2) is 0 Å². The zero-order valence-electron chi connectivity index (χ0n) is 10.8. The Morgan fingerprint density at radius 2 is 1.39 bits per heavy atom. The molecule has 2 saturated carbocycles. The molecule has 8 atom stereocenters. The van der Waals surface area contributed by atoms with Crippen LogP contribution in [-0.2, 0) is 0 Å². The highest BCUT2D eigenvalue weighted by atomic mass is 15.1. The second-order valence-electron chi connectivity index (χ2n) is 6.27. The number of hydrogen-bond donors (Lipinski definition) is 4. The highest BCUT2D eigenvalue weighted by Gasteiger charge is 2.55. The fraction of sp³-hybridized carbons (Fsp3) is 0.923. The monoisotopic (exact) mass is 251 g/mol. The second kappa shape index (κ2) is 4.56. The van der Waals surface area contributed by atoms with E-state index >= 15 is 0 Å². The van der Waals surface area contributed by atoms with Crippen molar-refractivity contribution in [3.8, 4) is 0 Å². The van der Waals surface area contributed by atoms with Crippen LogP contribution in [0.2, 0.25) is 0 Å². The van der Waals surface area contributed by atoms with Crippen molar-refractivity contribution in [3.05, 3.63) is 0 Å². The number of rotatable bonds is 1. The topological polar surface area (TPSA) is 102 Å². The van der Waals surface area contributed by atoms with E-state index in [1.54, 1.807) is 0 Å². The van der Waals surface area contributed by atoms with Crippen molar-refractivity contribution < 1.29 is 0 Å². The summed E-state index contributed by atoms with van der Waals surface area (Å²) in [5.41, 5.74) is 18.9. The lowest BCUT2D eigenvalue weighted by Gasteiger charge is -2.41. The lowest BCUT2D eigenvalue weighted by atomic mass is 9.67. The third-order valence-electron chi connectivity index (χ3n) is 5.38. The largest absolute Gasteiger partial charge is 0.327 e. The number of nitrogens with zero attached hydrogens (tertiary/aromatic N) is 1. The fourth-order valence-corrected chi connectivity index (χ4v) is 4.49. The molecule has 0 spiro atoms. The maximum Gasteiger partial charge on any atom is 0.0540 e. The van der Waals surface area contributed by atoms with Crippen LogP contribution in [0.15, 0.2) is 4.99 Å². The minimum Gasteiger partial charge on any atom is -0.327 e. The highest BCUT2D eigenvalue weighted by Crippen LogP contribution is 2.43. The Kier molecular flexibility index (Phi) is 3.18. The van der Waals surface area contributed by atoms with Gasteiger partial charge in [-0.2, -0.15) is 0 Å². The molecule has 8 unspecified atom stereocenters. The highest BCUT2D eigenvalue weighted by molar-refractivity contribution is 5.26. The van der Waals surface area contributed by atoms with E-state index in [4.69, 9.17) is 17.2 Å². The average molecular weight is 251 g/mol. The molecule has 3 rings (SSSR count). The van der Waals surface area contributed by atoms with Crippen LogP contribution in [0.5, 0.6) is 0 Å². The van der Waals surface area contributed by atoms with Gasteiger partial charge in [0.2, 0.25) is 0 Å². The molecule has 0 radical (unpaired) electrons. The van der Waals surface area contributed by atoms with E-state index in [0.29, 0.717) is 30.0 Å². The molecule has 102 valence electrons. The quantitative estimate of drug-likeness (QED) is 0.458. The summed E-state index contributed by atoms with van der Waals surface area (Å²) in [5, 5.41) is 3.67. The van der Waals surface area contributed by atoms with E-state index < -0.39 is 0 Å². The molecule has 0 amide bonds. The van der Waals surface area contributed by atoms with Crippen LogP contribution in [0.3, 0.4) is 0 Å². The Morgan fingerprint density at radius 3 is 2.06 bits per heavy atom. The molecule has 18 heavy (non-hydrogen) atoms. The van der Waals surface area contributed by atoms with Crippen LogP contribution in [-0.4, -0.2) is 43.0 Å². The molecule has 3 fully saturated rings. The Balaban J connectivity index is 1.91. The van der Waals surface area contributed by atoms with E-state index in [2.05, 4.69) is 17.0 Å². The van der Waals surface area contributed by atoms with Crippen LogP contribution in [0.4, 0.5) is 0 Å². The Morgan fingerprint density at radius 1 is 0.833 bits per heavy atom. The summed E-state index contributed by atoms with van der Waals surface area (Å²) in [6, 6.07) is 1.58. The Bertz CT molecular complexity index is 333. The van der Waals surface area contributed by atoms with E-state index in [-0.39, 0.29) is 18.1 Å². The molecule has 3 aliphatic rings. The van der Waals surface area contributed by atoms with Gasteiger partial charge in [0.25, 0.3) is 0 Å². The third kappa shape index (κ3) is 1.72. The fourth-order valence-electron chi connectivity index (χ4n) is 4.49. The molecule has 1 saturated heterocycles. The van der Waals surface area contributed by atoms with E-state index in [1.807, 2.05) is 0 Å². The van der Waals surface area contributed by atoms with Crippen molar-refractivity contribution in [1.29, 1.82) is 0 Å². The summed E-state index contributed by atoms with van der Waals surface area (Å²) in [4.78, 5) is 4.33. The molecule has 0 bridgehead atoms. The molecule has 1 heterocycles. The van der Waals surface area contributed by atoms with Gasteiger partial charge < -0.3 is 22.5 Å². The molecule has 2 aliphatic carbocycles. The summed E-state index contributed by atoms with van der Waals surface area (Å²) >= 11 is 0. The maximum absolute atomic E-state index is 6.35. The van der Waals surface area contributed by atoms with Crippen molar-refractivity contribution in [2.24, 2.45) is 34.0 Å². The van der Waals surface area contributed by atoms with Gasteiger partial charge in [0.1, 0.15) is 0 Å². The number of aliphatic imine (C=N–C) groups is 1. The first-order chi connectivity index (χ1) is 8.63. The molecule has 0 aromatic heterocycles. The molecule has 0 aromatic carbocycles. The summed E-state index contributed by atoms with van der Waals surface area (Å²) in [7, 11) is 0. The summed E-state index contributed by atoms with van der Waals surface area (Å²) in [6.45, 7) is 3.76. The normalized spacial score (nSPS) is 55.7. The predicted molar refractivity (Wildman–Crippen MR) is 73.4 cm³/mol. The van der Waals surface area contributed by atoms with Crippen molar-refractivity contribution >= 4 is 6.72 Å². The van der Waals surface area contributed by atoms with Gasteiger partial charge in [0.15, 0.2) is 0 Å². The third-order valence-corrected chi connectivity index (χ3v) is 5.38. The molecular weight excluding hydrogens is 226 g/mol. The van der Waals surface area contributed by atoms with Crippen molar-refractivity contribution in [3.63, 3.8) is 0 Å². The SMILES string of the molecule is C=NC1CCC(N)C2NC3C(N)CCC(N)C3C12. The lowest BCUT2D eigenvalue weighted by Crippen LogP contribution is -2.55. The summed E-state index contributed by atoms with van der Waals surface area (Å²) in [6.07, 6.45) is 4.09. The Hall–Kier alpha value is -0.490. The lowest BCUT2D eigenvalue weighted by molar-refractivity contribution is 0.164. The first-order valence-corrected chi connectivity index (χ1v) is 7.12. The smallest absolute Gasteiger partial charge is 0.0540 e. The minimum absolute atomic E-state index is 0.206. The van der Waals surface area contributed by atoms with Crippen LogP contribution < -0.4 is 22.5 Å². The average Bonchev–Trinajstić information content (AvgIpc) is 2.77. The molecular formula is C13H25N5. The summed E-state index contributed by atoms with van der Waals surface area (Å²) in [5.74, 6) is 0.846. The van der Waals surface area contributed by atoms with Gasteiger partial charge >= 0.3 is 0 Å². The van der Waals surface area contributed by atoms with Crippen LogP contribution in [0.1, 0.15) is 25.7 Å². The zero-order valence-corrected chi connectivity index (χ0v) is 10.8. The van der Waals surface area contributed by atoms with E-state index in [1.165, 1.54) is 0 Å². The van der Waals surface area contributed by atoms with Gasteiger partial charge in [-0.1, -0.05) is 0 Å². The molecule has 5 heteroatoms. The number of hydrogen-bond acceptors (Lipinski definition) is 5. The second-order valence-corrected chi connectivity index (χ2v) is 6.27. The maximum atomic E-state index is 6.35. The van der Waals surface area contributed by atoms with Crippen molar-refractivity contribution in [1.82, 2.24) is 5.32 Å². The predicted octanol–water partition coefficient (Wildman–Crippen LogP) is -0.802. The number of nitrogens with two attached hydrogens (primary N) is 3. The van der Waals surface area contributed by atoms with Gasteiger partial charge in [0.05, 0.1) is 6.04 Å². The first-order valence-electron chi connectivity index (χ1n) is 7.12. The van der Waals surface area contributed by atoms with Gasteiger partial charge in [0, 0.05) is 36.1 Å². The Labute approximate surface area is 109 Å². The molecule has 5 nitrogen and oxygen atoms in total. The van der Waals surface area contributed by atoms with Crippen molar-refractivity contribution in [2.75, 3.05) is 0 Å². The molecule has 1 aliphatic heterocycles. The minimum atomic E-state index is 0.206. The van der Waals surface area contributed by atoms with Gasteiger partial charge in [-0.3, -0.25) is 4.99 Å². The van der Waals surface area contributed by atoms with Crippen LogP contribution in [0.25, 0.3) is 0 Å². The number of nitrogens with one attached hydrogen (secondary N) is 1. The van der Waals surface area contributed by atoms with Gasteiger partial charge in [-0.05, 0) is 38.3 Å². The number of fused-ring (bicyclic) bond motifs is 3. The zero-order chi connectivity index (χ0) is 12.9. The van der Waals surface area contributed by atoms with Crippen molar-refractivity contribution in [2.45, 2.75) is 61.9 Å². The molecule has 0 aromatic rings. The first kappa shape index (κ1) is 12.5. The summed E-state index contributed by atoms with van der Waals surface area (Å²) < 4.78 is 0. The van der Waals surface area contributed by atoms with Crippen LogP contribution >= 0.6 is 0 Å².